The molecule has 346 valence electrons. The molecule has 0 saturated heterocycles. The maximum atomic E-state index is 14.6. The molecule has 15 heteroatoms. The van der Waals surface area contributed by atoms with Crippen LogP contribution in [0.15, 0.2) is 103 Å². The molecule has 1 fully saturated rings. The van der Waals surface area contributed by atoms with Crippen LogP contribution in [0.4, 0.5) is 0 Å². The summed E-state index contributed by atoms with van der Waals surface area (Å²) in [4.78, 5) is 96.3. The largest absolute Gasteiger partial charge is 0.378 e. The number of amides is 5. The smallest absolute Gasteiger partial charge is 0.244 e. The number of nitrogens with two attached hydrogens (primary N) is 1. The number of carbonyl (C=O) groups is 7. The number of Topliss-reactive ketones (excluding diaryl/α,β-unsaturated/α-hetero) is 1. The molecule has 0 radical (unpaired) electrons. The van der Waals surface area contributed by atoms with Crippen LogP contribution in [0.5, 0.6) is 0 Å². The molecule has 2 aliphatic rings. The second-order valence-electron chi connectivity index (χ2n) is 16.3. The fourth-order valence-corrected chi connectivity index (χ4v) is 7.84. The number of benzene rings is 3. The molecule has 0 unspecified atom stereocenters. The van der Waals surface area contributed by atoms with Crippen molar-refractivity contribution >= 4 is 47.2 Å². The maximum absolute atomic E-state index is 14.6. The molecule has 7 N–H and O–H groups in total. The van der Waals surface area contributed by atoms with Crippen LogP contribution in [0, 0.1) is 11.8 Å². The highest BCUT2D eigenvalue weighted by atomic mass is 16.5. The third kappa shape index (κ3) is 17.3. The van der Waals surface area contributed by atoms with Crippen LogP contribution in [-0.2, 0) is 44.7 Å². The zero-order chi connectivity index (χ0) is 46.2. The first-order valence-electron chi connectivity index (χ1n) is 22.5. The van der Waals surface area contributed by atoms with E-state index in [0.717, 1.165) is 49.8 Å². The van der Waals surface area contributed by atoms with Gasteiger partial charge in [0.1, 0.15) is 12.1 Å². The Morgan fingerprint density at radius 1 is 0.708 bits per heavy atom. The molecule has 0 bridgehead atoms. The van der Waals surface area contributed by atoms with E-state index in [-0.39, 0.29) is 63.1 Å². The second-order valence-corrected chi connectivity index (χ2v) is 16.3. The highest BCUT2D eigenvalue weighted by Gasteiger charge is 2.34. The first kappa shape index (κ1) is 49.7. The molecule has 5 amide bonds. The average molecular weight is 891 g/mol. The van der Waals surface area contributed by atoms with E-state index in [1.54, 1.807) is 54.6 Å². The minimum absolute atomic E-state index is 0.0338. The summed E-state index contributed by atoms with van der Waals surface area (Å²) < 4.78 is 10.8. The lowest BCUT2D eigenvalue weighted by Gasteiger charge is -2.29. The van der Waals surface area contributed by atoms with Gasteiger partial charge in [0.15, 0.2) is 11.6 Å². The second kappa shape index (κ2) is 27.1. The number of hydrogen-bond acceptors (Lipinski definition) is 10. The molecular weight excluding hydrogens is 829 g/mol. The summed E-state index contributed by atoms with van der Waals surface area (Å²) in [5.74, 6) is -4.53. The molecule has 15 nitrogen and oxygen atoms in total. The monoisotopic (exact) mass is 890 g/mol. The molecule has 0 aromatic heterocycles. The van der Waals surface area contributed by atoms with Gasteiger partial charge >= 0.3 is 0 Å². The van der Waals surface area contributed by atoms with Crippen molar-refractivity contribution in [1.82, 2.24) is 26.6 Å². The molecular formula is C50H62N6O9. The highest BCUT2D eigenvalue weighted by Crippen LogP contribution is 2.31. The minimum atomic E-state index is -1.32. The van der Waals surface area contributed by atoms with Gasteiger partial charge in [0, 0.05) is 61.7 Å². The fraction of sp³-hybridized carbons (Fsp3) is 0.420. The van der Waals surface area contributed by atoms with Gasteiger partial charge in [-0.25, -0.2) is 0 Å². The van der Waals surface area contributed by atoms with Crippen LogP contribution in [0.25, 0.3) is 6.08 Å². The standard InChI is InChI=1S/C50H62N6O9/c51-25-27-64-29-30-65-28-26-52-49(62)43-34-53-45(58)23-24-46(59)54-41(18-10-15-35-11-4-1-5-12-35)44(57)33-40(31-36-13-6-2-7-14-36)48(61)55-42(50(63)56-43)32-37-19-21-39(22-20-37)47(60)38-16-8-3-9-17-38/h1,3-5,8-12,15-17,19-24,36,40-43H,2,6-7,13-14,18,25-34,51H2,(H,52,62)(H,53,58)(H,54,59)(H,55,61)(H,56,63)/b15-10+,24-23-/t40-,41+,42+,43+/m1/s1. The Kier molecular flexibility index (Phi) is 20.8. The predicted octanol–water partition coefficient (Wildman–Crippen LogP) is 3.36. The number of hydrogen-bond donors (Lipinski definition) is 6. The van der Waals surface area contributed by atoms with Gasteiger partial charge in [-0.2, -0.15) is 0 Å². The van der Waals surface area contributed by atoms with Crippen molar-refractivity contribution in [3.05, 3.63) is 125 Å². The lowest BCUT2D eigenvalue weighted by molar-refractivity contribution is -0.135. The number of carbonyl (C=O) groups excluding carboxylic acids is 7. The SMILES string of the molecule is NCCOCCOCCNC(=O)[C@@H]1CNC(=O)/C=C\C(=O)N[C@@H](C/C=C/c2ccccc2)C(=O)C[C@@H](CC2CCCCC2)C(=O)N[C@@H](Cc2ccc(C(=O)c3ccccc3)cc2)C(=O)N1. The number of ketones is 2. The number of rotatable bonds is 18. The molecule has 4 atom stereocenters. The molecule has 0 spiro atoms. The Bertz CT molecular complexity index is 2090. The Labute approximate surface area is 380 Å². The van der Waals surface area contributed by atoms with Crippen molar-refractivity contribution in [2.75, 3.05) is 46.1 Å². The van der Waals surface area contributed by atoms with E-state index >= 15 is 0 Å². The summed E-state index contributed by atoms with van der Waals surface area (Å²) >= 11 is 0. The van der Waals surface area contributed by atoms with Crippen LogP contribution in [0.1, 0.15) is 78.4 Å². The molecule has 5 rings (SSSR count). The van der Waals surface area contributed by atoms with Gasteiger partial charge in [-0.05, 0) is 29.9 Å². The normalized spacial score (nSPS) is 21.1. The van der Waals surface area contributed by atoms with Gasteiger partial charge in [0.2, 0.25) is 29.5 Å². The quantitative estimate of drug-likeness (QED) is 0.0807. The third-order valence-electron chi connectivity index (χ3n) is 11.4. The van der Waals surface area contributed by atoms with Gasteiger partial charge in [0.05, 0.1) is 32.5 Å². The van der Waals surface area contributed by atoms with Crippen molar-refractivity contribution in [2.45, 2.75) is 75.9 Å². The van der Waals surface area contributed by atoms with Gasteiger partial charge in [-0.3, -0.25) is 33.6 Å². The zero-order valence-electron chi connectivity index (χ0n) is 36.8. The van der Waals surface area contributed by atoms with Crippen LogP contribution >= 0.6 is 0 Å². The van der Waals surface area contributed by atoms with Crippen molar-refractivity contribution < 1.29 is 43.0 Å². The molecule has 3 aromatic rings. The van der Waals surface area contributed by atoms with Gasteiger partial charge in [-0.1, -0.05) is 129 Å². The summed E-state index contributed by atoms with van der Waals surface area (Å²) in [5, 5.41) is 13.7. The predicted molar refractivity (Wildman–Crippen MR) is 246 cm³/mol. The molecule has 65 heavy (non-hydrogen) atoms. The number of ether oxygens (including phenoxy) is 2. The summed E-state index contributed by atoms with van der Waals surface area (Å²) in [7, 11) is 0. The number of nitrogens with one attached hydrogen (secondary N) is 5. The Hall–Kier alpha value is -6.29. The van der Waals surface area contributed by atoms with Gasteiger partial charge in [-0.15, -0.1) is 0 Å². The maximum Gasteiger partial charge on any atom is 0.244 e. The Balaban J connectivity index is 1.43. The molecule has 3 aromatic carbocycles. The van der Waals surface area contributed by atoms with Crippen LogP contribution in [-0.4, -0.2) is 105 Å². The van der Waals surface area contributed by atoms with E-state index in [0.29, 0.717) is 42.9 Å². The molecule has 1 aliphatic heterocycles. The molecule has 1 aliphatic carbocycles. The molecule has 1 saturated carbocycles. The van der Waals surface area contributed by atoms with E-state index in [1.807, 2.05) is 42.5 Å². The Morgan fingerprint density at radius 3 is 2.08 bits per heavy atom. The summed E-state index contributed by atoms with van der Waals surface area (Å²) in [6.45, 7) is 1.19. The topological polar surface area (TPSA) is 224 Å². The fourth-order valence-electron chi connectivity index (χ4n) is 7.84. The van der Waals surface area contributed by atoms with E-state index in [9.17, 15) is 33.6 Å². The van der Waals surface area contributed by atoms with Gasteiger partial charge < -0.3 is 41.8 Å². The lowest BCUT2D eigenvalue weighted by Crippen LogP contribution is -2.58. The molecule has 1 heterocycles. The summed E-state index contributed by atoms with van der Waals surface area (Å²) in [6.07, 6.45) is 10.7. The highest BCUT2D eigenvalue weighted by molar-refractivity contribution is 6.09. The summed E-state index contributed by atoms with van der Waals surface area (Å²) in [6, 6.07) is 21.4. The van der Waals surface area contributed by atoms with Crippen molar-refractivity contribution in [2.24, 2.45) is 17.6 Å². The van der Waals surface area contributed by atoms with E-state index < -0.39 is 53.6 Å². The van der Waals surface area contributed by atoms with Crippen molar-refractivity contribution in [3.63, 3.8) is 0 Å². The zero-order valence-corrected chi connectivity index (χ0v) is 36.8. The van der Waals surface area contributed by atoms with Crippen LogP contribution in [0.3, 0.4) is 0 Å². The Morgan fingerprint density at radius 2 is 1.37 bits per heavy atom. The van der Waals surface area contributed by atoms with E-state index in [2.05, 4.69) is 26.6 Å². The van der Waals surface area contributed by atoms with E-state index in [4.69, 9.17) is 15.2 Å². The summed E-state index contributed by atoms with van der Waals surface area (Å²) in [5.41, 5.74) is 7.90. The van der Waals surface area contributed by atoms with Crippen LogP contribution in [0.2, 0.25) is 0 Å². The average Bonchev–Trinajstić information content (AvgIpc) is 3.32. The first-order valence-corrected chi connectivity index (χ1v) is 22.5. The van der Waals surface area contributed by atoms with E-state index in [1.165, 1.54) is 0 Å². The third-order valence-corrected chi connectivity index (χ3v) is 11.4. The minimum Gasteiger partial charge on any atom is -0.378 e. The van der Waals surface area contributed by atoms with Gasteiger partial charge in [0.25, 0.3) is 0 Å². The van der Waals surface area contributed by atoms with Crippen molar-refractivity contribution in [3.8, 4) is 0 Å². The first-order chi connectivity index (χ1) is 31.6. The van der Waals surface area contributed by atoms with Crippen molar-refractivity contribution in [1.29, 1.82) is 0 Å². The van der Waals surface area contributed by atoms with Crippen LogP contribution < -0.4 is 32.3 Å². The lowest BCUT2D eigenvalue weighted by atomic mass is 9.80.